The average molecular weight is 282 g/mol. The standard InChI is InChI=1S/C16H24ClNO/c1-9-6-13(19)8-16-11(3)10(2)14-7-12(17)4-5-15(14)18(9)16/h6,10-12,14-16H,4-5,7-8H2,1-3H3. The number of allylic oxidation sites excluding steroid dienone is 2. The first-order valence-corrected chi connectivity index (χ1v) is 8.06. The fourth-order valence-corrected chi connectivity index (χ4v) is 5.00. The van der Waals surface area contributed by atoms with Gasteiger partial charge in [-0.15, -0.1) is 11.6 Å². The Hall–Kier alpha value is -0.500. The molecule has 1 saturated carbocycles. The van der Waals surface area contributed by atoms with E-state index in [4.69, 9.17) is 11.6 Å². The normalized spacial score (nSPS) is 46.4. The summed E-state index contributed by atoms with van der Waals surface area (Å²) in [6.07, 6.45) is 6.00. The molecule has 2 aliphatic heterocycles. The summed E-state index contributed by atoms with van der Waals surface area (Å²) in [5, 5.41) is 0.350. The van der Waals surface area contributed by atoms with Gasteiger partial charge in [-0.05, 0) is 43.9 Å². The van der Waals surface area contributed by atoms with Crippen LogP contribution in [0.25, 0.3) is 0 Å². The summed E-state index contributed by atoms with van der Waals surface area (Å²) in [4.78, 5) is 14.4. The molecule has 3 rings (SSSR count). The van der Waals surface area contributed by atoms with Crippen LogP contribution in [0.5, 0.6) is 0 Å². The summed E-state index contributed by atoms with van der Waals surface area (Å²) in [6.45, 7) is 6.80. The Morgan fingerprint density at radius 2 is 1.95 bits per heavy atom. The number of alkyl halides is 1. The van der Waals surface area contributed by atoms with E-state index in [1.807, 2.05) is 6.08 Å². The topological polar surface area (TPSA) is 20.3 Å². The van der Waals surface area contributed by atoms with Gasteiger partial charge < -0.3 is 4.90 Å². The van der Waals surface area contributed by atoms with Crippen LogP contribution in [0.2, 0.25) is 0 Å². The zero-order valence-electron chi connectivity index (χ0n) is 12.1. The molecule has 1 saturated heterocycles. The molecule has 6 atom stereocenters. The van der Waals surface area contributed by atoms with Crippen LogP contribution in [0.4, 0.5) is 0 Å². The molecule has 2 fully saturated rings. The van der Waals surface area contributed by atoms with Crippen molar-refractivity contribution in [1.82, 2.24) is 4.90 Å². The second-order valence-corrected chi connectivity index (χ2v) is 7.41. The minimum absolute atomic E-state index is 0.308. The quantitative estimate of drug-likeness (QED) is 0.633. The van der Waals surface area contributed by atoms with Gasteiger partial charge in [0.05, 0.1) is 0 Å². The van der Waals surface area contributed by atoms with Gasteiger partial charge in [-0.25, -0.2) is 0 Å². The first kappa shape index (κ1) is 13.5. The van der Waals surface area contributed by atoms with Crippen LogP contribution in [0.15, 0.2) is 11.8 Å². The van der Waals surface area contributed by atoms with Crippen molar-refractivity contribution >= 4 is 17.4 Å². The zero-order chi connectivity index (χ0) is 13.7. The lowest BCUT2D eigenvalue weighted by molar-refractivity contribution is -0.120. The molecule has 19 heavy (non-hydrogen) atoms. The van der Waals surface area contributed by atoms with Gasteiger partial charge in [-0.2, -0.15) is 0 Å². The van der Waals surface area contributed by atoms with Crippen LogP contribution >= 0.6 is 11.6 Å². The summed E-state index contributed by atoms with van der Waals surface area (Å²) in [5.41, 5.74) is 1.18. The number of piperidine rings is 1. The van der Waals surface area contributed by atoms with Crippen molar-refractivity contribution in [3.63, 3.8) is 0 Å². The Kier molecular flexibility index (Phi) is 3.41. The number of halogens is 1. The molecule has 0 aromatic carbocycles. The van der Waals surface area contributed by atoms with Crippen LogP contribution in [0.1, 0.15) is 46.5 Å². The average Bonchev–Trinajstić information content (AvgIpc) is 2.35. The summed E-state index contributed by atoms with van der Waals surface area (Å²) in [5.74, 6) is 2.25. The van der Waals surface area contributed by atoms with Gasteiger partial charge >= 0.3 is 0 Å². The van der Waals surface area contributed by atoms with Crippen LogP contribution in [0.3, 0.4) is 0 Å². The SMILES string of the molecule is CC1=CC(=O)CC2C(C)C(C)C3CC(Cl)CCC3N12. The van der Waals surface area contributed by atoms with Crippen molar-refractivity contribution in [2.45, 2.75) is 63.9 Å². The van der Waals surface area contributed by atoms with Crippen molar-refractivity contribution in [1.29, 1.82) is 0 Å². The van der Waals surface area contributed by atoms with E-state index in [1.165, 1.54) is 12.1 Å². The van der Waals surface area contributed by atoms with Gasteiger partial charge in [0.1, 0.15) is 0 Å². The molecular formula is C16H24ClNO. The molecular weight excluding hydrogens is 258 g/mol. The number of rotatable bonds is 0. The van der Waals surface area contributed by atoms with Crippen molar-refractivity contribution in [3.05, 3.63) is 11.8 Å². The summed E-state index contributed by atoms with van der Waals surface area (Å²) in [6, 6.07) is 1.02. The van der Waals surface area contributed by atoms with E-state index in [2.05, 4.69) is 25.7 Å². The maximum Gasteiger partial charge on any atom is 0.159 e. The molecule has 1 aliphatic carbocycles. The van der Waals surface area contributed by atoms with Crippen molar-refractivity contribution < 1.29 is 4.79 Å². The molecule has 106 valence electrons. The number of nitrogens with zero attached hydrogens (tertiary/aromatic N) is 1. The lowest BCUT2D eigenvalue weighted by Gasteiger charge is -2.57. The van der Waals surface area contributed by atoms with Gasteiger partial charge in [-0.1, -0.05) is 13.8 Å². The Bertz CT molecular complexity index is 419. The molecule has 0 aromatic heterocycles. The highest BCUT2D eigenvalue weighted by Gasteiger charge is 2.48. The fourth-order valence-electron chi connectivity index (χ4n) is 4.67. The van der Waals surface area contributed by atoms with E-state index in [0.29, 0.717) is 47.4 Å². The third kappa shape index (κ3) is 2.12. The van der Waals surface area contributed by atoms with E-state index >= 15 is 0 Å². The maximum atomic E-state index is 11.9. The third-order valence-electron chi connectivity index (χ3n) is 5.81. The van der Waals surface area contributed by atoms with E-state index in [9.17, 15) is 4.79 Å². The lowest BCUT2D eigenvalue weighted by atomic mass is 9.64. The number of carbonyl (C=O) groups excluding carboxylic acids is 1. The smallest absolute Gasteiger partial charge is 0.159 e. The number of fused-ring (bicyclic) bond motifs is 3. The molecule has 0 spiro atoms. The minimum atomic E-state index is 0.308. The summed E-state index contributed by atoms with van der Waals surface area (Å²) < 4.78 is 0. The van der Waals surface area contributed by atoms with Crippen LogP contribution in [-0.2, 0) is 4.79 Å². The van der Waals surface area contributed by atoms with Crippen molar-refractivity contribution in [2.24, 2.45) is 17.8 Å². The van der Waals surface area contributed by atoms with E-state index in [-0.39, 0.29) is 0 Å². The predicted molar refractivity (Wildman–Crippen MR) is 78.1 cm³/mol. The first-order chi connectivity index (χ1) is 8.99. The molecule has 3 aliphatic rings. The molecule has 6 unspecified atom stereocenters. The molecule has 2 heterocycles. The molecule has 0 bridgehead atoms. The first-order valence-electron chi connectivity index (χ1n) is 7.62. The highest BCUT2D eigenvalue weighted by molar-refractivity contribution is 6.20. The van der Waals surface area contributed by atoms with Crippen LogP contribution in [0, 0.1) is 17.8 Å². The van der Waals surface area contributed by atoms with Gasteiger partial charge in [-0.3, -0.25) is 4.79 Å². The second-order valence-electron chi connectivity index (χ2n) is 6.79. The minimum Gasteiger partial charge on any atom is -0.368 e. The van der Waals surface area contributed by atoms with E-state index in [1.54, 1.807) is 0 Å². The van der Waals surface area contributed by atoms with Crippen LogP contribution in [-0.4, -0.2) is 28.1 Å². The molecule has 0 amide bonds. The van der Waals surface area contributed by atoms with Crippen molar-refractivity contribution in [3.8, 4) is 0 Å². The lowest BCUT2D eigenvalue weighted by Crippen LogP contribution is -2.60. The van der Waals surface area contributed by atoms with Gasteiger partial charge in [0.25, 0.3) is 0 Å². The third-order valence-corrected chi connectivity index (χ3v) is 6.21. The Balaban J connectivity index is 1.95. The highest BCUT2D eigenvalue weighted by Crippen LogP contribution is 2.48. The van der Waals surface area contributed by atoms with Crippen LogP contribution < -0.4 is 0 Å². The Labute approximate surface area is 121 Å². The fraction of sp³-hybridized carbons (Fsp3) is 0.812. The molecule has 2 nitrogen and oxygen atoms in total. The summed E-state index contributed by atoms with van der Waals surface area (Å²) >= 11 is 6.40. The zero-order valence-corrected chi connectivity index (χ0v) is 12.9. The second kappa shape index (κ2) is 4.80. The Morgan fingerprint density at radius 1 is 1.21 bits per heavy atom. The molecule has 0 aromatic rings. The van der Waals surface area contributed by atoms with E-state index in [0.717, 1.165) is 12.8 Å². The number of hydrogen-bond acceptors (Lipinski definition) is 2. The molecule has 3 heteroatoms. The van der Waals surface area contributed by atoms with Gasteiger partial charge in [0, 0.05) is 35.7 Å². The summed E-state index contributed by atoms with van der Waals surface area (Å²) in [7, 11) is 0. The number of hydrogen-bond donors (Lipinski definition) is 0. The number of carbonyl (C=O) groups is 1. The molecule has 0 radical (unpaired) electrons. The van der Waals surface area contributed by atoms with Gasteiger partial charge in [0.2, 0.25) is 0 Å². The van der Waals surface area contributed by atoms with E-state index < -0.39 is 0 Å². The highest BCUT2D eigenvalue weighted by atomic mass is 35.5. The predicted octanol–water partition coefficient (Wildman–Crippen LogP) is 3.60. The maximum absolute atomic E-state index is 11.9. The van der Waals surface area contributed by atoms with Gasteiger partial charge in [0.15, 0.2) is 5.78 Å². The van der Waals surface area contributed by atoms with Crippen molar-refractivity contribution in [2.75, 3.05) is 0 Å². The number of ketones is 1. The largest absolute Gasteiger partial charge is 0.368 e. The Morgan fingerprint density at radius 3 is 2.68 bits per heavy atom. The monoisotopic (exact) mass is 281 g/mol. The molecule has 0 N–H and O–H groups in total.